The topological polar surface area (TPSA) is 52.2 Å². The second kappa shape index (κ2) is 5.69. The zero-order valence-corrected chi connectivity index (χ0v) is 13.5. The average molecular weight is 302 g/mol. The number of hydrogen-bond donors (Lipinski definition) is 1. The highest BCUT2D eigenvalue weighted by atomic mass is 16.2. The molecule has 0 saturated carbocycles. The summed E-state index contributed by atoms with van der Waals surface area (Å²) < 4.78 is 0. The Bertz CT molecular complexity index is 567. The summed E-state index contributed by atoms with van der Waals surface area (Å²) in [7, 11) is 0. The first-order chi connectivity index (χ1) is 10.8. The van der Waals surface area contributed by atoms with Crippen molar-refractivity contribution >= 4 is 5.91 Å². The molecule has 1 aromatic rings. The van der Waals surface area contributed by atoms with E-state index in [9.17, 15) is 4.79 Å². The average Bonchev–Trinajstić information content (AvgIpc) is 3.27. The van der Waals surface area contributed by atoms with E-state index in [2.05, 4.69) is 26.9 Å². The Morgan fingerprint density at radius 1 is 1.18 bits per heavy atom. The Morgan fingerprint density at radius 2 is 2.00 bits per heavy atom. The molecule has 1 N–H and O–H groups in total. The van der Waals surface area contributed by atoms with Crippen LogP contribution in [0.2, 0.25) is 0 Å². The van der Waals surface area contributed by atoms with Crippen LogP contribution in [0.4, 0.5) is 0 Å². The van der Waals surface area contributed by atoms with Crippen LogP contribution in [0.25, 0.3) is 0 Å². The molecule has 2 aliphatic heterocycles. The molecule has 3 aliphatic rings. The summed E-state index contributed by atoms with van der Waals surface area (Å²) in [5.74, 6) is 0.171. The van der Waals surface area contributed by atoms with Crippen molar-refractivity contribution in [2.45, 2.75) is 64.0 Å². The van der Waals surface area contributed by atoms with Gasteiger partial charge in [0.2, 0.25) is 0 Å². The van der Waals surface area contributed by atoms with Crippen molar-refractivity contribution in [2.75, 3.05) is 19.6 Å². The van der Waals surface area contributed by atoms with E-state index >= 15 is 0 Å². The molecular formula is C17H26N4O. The third-order valence-electron chi connectivity index (χ3n) is 5.83. The maximum atomic E-state index is 13.1. The highest BCUT2D eigenvalue weighted by Crippen LogP contribution is 2.32. The predicted molar refractivity (Wildman–Crippen MR) is 84.9 cm³/mol. The van der Waals surface area contributed by atoms with Crippen molar-refractivity contribution in [3.8, 4) is 0 Å². The molecule has 0 unspecified atom stereocenters. The van der Waals surface area contributed by atoms with Crippen LogP contribution in [0, 0.1) is 0 Å². The first-order valence-corrected chi connectivity index (χ1v) is 8.90. The number of nitrogens with zero attached hydrogens (tertiary/aromatic N) is 3. The van der Waals surface area contributed by atoms with Gasteiger partial charge in [-0.3, -0.25) is 14.8 Å². The molecule has 2 atom stereocenters. The van der Waals surface area contributed by atoms with E-state index in [1.54, 1.807) is 0 Å². The molecule has 120 valence electrons. The number of fused-ring (bicyclic) bond motifs is 1. The molecule has 1 amide bonds. The summed E-state index contributed by atoms with van der Waals surface area (Å²) in [5, 5.41) is 7.44. The normalized spacial score (nSPS) is 28.5. The predicted octanol–water partition coefficient (Wildman–Crippen LogP) is 1.99. The van der Waals surface area contributed by atoms with Crippen LogP contribution in [0.5, 0.6) is 0 Å². The van der Waals surface area contributed by atoms with Crippen molar-refractivity contribution in [2.24, 2.45) is 0 Å². The number of rotatable bonds is 3. The number of hydrogen-bond acceptors (Lipinski definition) is 3. The third-order valence-corrected chi connectivity index (χ3v) is 5.83. The Morgan fingerprint density at radius 3 is 2.86 bits per heavy atom. The molecule has 22 heavy (non-hydrogen) atoms. The fourth-order valence-corrected chi connectivity index (χ4v) is 4.76. The number of carbonyl (C=O) groups excluding carboxylic acids is 1. The molecule has 5 heteroatoms. The van der Waals surface area contributed by atoms with E-state index in [4.69, 9.17) is 0 Å². The molecule has 2 saturated heterocycles. The number of H-pyrrole nitrogens is 1. The lowest BCUT2D eigenvalue weighted by Crippen LogP contribution is -2.48. The Balaban J connectivity index is 1.56. The number of nitrogens with one attached hydrogen (secondary N) is 1. The van der Waals surface area contributed by atoms with Crippen LogP contribution in [0.15, 0.2) is 0 Å². The van der Waals surface area contributed by atoms with Gasteiger partial charge in [-0.15, -0.1) is 0 Å². The van der Waals surface area contributed by atoms with Gasteiger partial charge in [0.05, 0.1) is 0 Å². The molecular weight excluding hydrogens is 276 g/mol. The lowest BCUT2D eigenvalue weighted by molar-refractivity contribution is 0.0643. The number of amides is 1. The van der Waals surface area contributed by atoms with Crippen LogP contribution < -0.4 is 0 Å². The summed E-state index contributed by atoms with van der Waals surface area (Å²) in [6.07, 6.45) is 8.01. The second-order valence-electron chi connectivity index (χ2n) is 6.93. The summed E-state index contributed by atoms with van der Waals surface area (Å²) in [6.45, 7) is 5.43. The summed E-state index contributed by atoms with van der Waals surface area (Å²) in [4.78, 5) is 17.7. The first-order valence-electron chi connectivity index (χ1n) is 8.90. The minimum absolute atomic E-state index is 0.171. The monoisotopic (exact) mass is 302 g/mol. The number of aromatic nitrogens is 2. The quantitative estimate of drug-likeness (QED) is 0.929. The van der Waals surface area contributed by atoms with E-state index in [-0.39, 0.29) is 5.91 Å². The zero-order valence-electron chi connectivity index (χ0n) is 13.5. The lowest BCUT2D eigenvalue weighted by atomic mass is 10.0. The van der Waals surface area contributed by atoms with Crippen molar-refractivity contribution in [3.05, 3.63) is 17.0 Å². The standard InChI is InChI=1S/C17H26N4O/c1-2-20-10-4-8-14(20)15-9-5-11-21(15)17(22)16-12-6-3-7-13(12)18-19-16/h14-15H,2-11H2,1H3,(H,18,19)/t14-,15+/m0/s1. The third kappa shape index (κ3) is 2.18. The molecule has 5 nitrogen and oxygen atoms in total. The summed E-state index contributed by atoms with van der Waals surface area (Å²) >= 11 is 0. The summed E-state index contributed by atoms with van der Waals surface area (Å²) in [5.41, 5.74) is 3.09. The van der Waals surface area contributed by atoms with Gasteiger partial charge < -0.3 is 4.90 Å². The Labute approximate surface area is 132 Å². The van der Waals surface area contributed by atoms with E-state index in [0.717, 1.165) is 45.2 Å². The van der Waals surface area contributed by atoms with Gasteiger partial charge in [0.15, 0.2) is 5.69 Å². The van der Waals surface area contributed by atoms with E-state index in [0.29, 0.717) is 17.8 Å². The maximum absolute atomic E-state index is 13.1. The maximum Gasteiger partial charge on any atom is 0.274 e. The number of aromatic amines is 1. The molecule has 0 radical (unpaired) electrons. The van der Waals surface area contributed by atoms with Crippen LogP contribution in [0.1, 0.15) is 60.8 Å². The molecule has 3 heterocycles. The van der Waals surface area contributed by atoms with Gasteiger partial charge >= 0.3 is 0 Å². The molecule has 2 fully saturated rings. The van der Waals surface area contributed by atoms with Crippen LogP contribution in [-0.2, 0) is 12.8 Å². The SMILES string of the molecule is CCN1CCC[C@H]1[C@H]1CCCN1C(=O)c1n[nH]c2c1CCC2. The second-order valence-corrected chi connectivity index (χ2v) is 6.93. The van der Waals surface area contributed by atoms with E-state index < -0.39 is 0 Å². The van der Waals surface area contributed by atoms with Crippen LogP contribution in [-0.4, -0.2) is 57.6 Å². The molecule has 0 spiro atoms. The Hall–Kier alpha value is -1.36. The van der Waals surface area contributed by atoms with Gasteiger partial charge in [0, 0.05) is 29.9 Å². The molecule has 1 aliphatic carbocycles. The molecule has 0 aromatic carbocycles. The lowest BCUT2D eigenvalue weighted by Gasteiger charge is -2.34. The van der Waals surface area contributed by atoms with Gasteiger partial charge in [-0.25, -0.2) is 0 Å². The molecule has 1 aromatic heterocycles. The number of aryl methyl sites for hydroxylation is 1. The zero-order chi connectivity index (χ0) is 15.1. The number of likely N-dealkylation sites (N-methyl/N-ethyl adjacent to an activating group) is 1. The van der Waals surface area contributed by atoms with E-state index in [1.807, 2.05) is 0 Å². The minimum atomic E-state index is 0.171. The van der Waals surface area contributed by atoms with E-state index in [1.165, 1.54) is 30.6 Å². The van der Waals surface area contributed by atoms with Crippen molar-refractivity contribution in [1.29, 1.82) is 0 Å². The highest BCUT2D eigenvalue weighted by Gasteiger charge is 2.40. The largest absolute Gasteiger partial charge is 0.333 e. The smallest absolute Gasteiger partial charge is 0.274 e. The van der Waals surface area contributed by atoms with Crippen LogP contribution in [0.3, 0.4) is 0 Å². The number of carbonyl (C=O) groups is 1. The van der Waals surface area contributed by atoms with Gasteiger partial charge in [-0.05, 0) is 58.0 Å². The van der Waals surface area contributed by atoms with Crippen LogP contribution >= 0.6 is 0 Å². The Kier molecular flexibility index (Phi) is 3.68. The fourth-order valence-electron chi connectivity index (χ4n) is 4.76. The number of likely N-dealkylation sites (tertiary alicyclic amines) is 2. The van der Waals surface area contributed by atoms with Gasteiger partial charge in [0.25, 0.3) is 5.91 Å². The molecule has 4 rings (SSSR count). The van der Waals surface area contributed by atoms with Crippen molar-refractivity contribution in [3.63, 3.8) is 0 Å². The van der Waals surface area contributed by atoms with Crippen molar-refractivity contribution in [1.82, 2.24) is 20.0 Å². The fraction of sp³-hybridized carbons (Fsp3) is 0.765. The van der Waals surface area contributed by atoms with Gasteiger partial charge in [-0.1, -0.05) is 6.92 Å². The highest BCUT2D eigenvalue weighted by molar-refractivity contribution is 5.94. The first kappa shape index (κ1) is 14.2. The summed E-state index contributed by atoms with van der Waals surface area (Å²) in [6, 6.07) is 0.951. The van der Waals surface area contributed by atoms with Gasteiger partial charge in [0.1, 0.15) is 0 Å². The van der Waals surface area contributed by atoms with Gasteiger partial charge in [-0.2, -0.15) is 5.10 Å². The van der Waals surface area contributed by atoms with Crippen molar-refractivity contribution < 1.29 is 4.79 Å². The minimum Gasteiger partial charge on any atom is -0.333 e. The molecule has 0 bridgehead atoms.